The Morgan fingerprint density at radius 1 is 0.812 bits per heavy atom. The van der Waals surface area contributed by atoms with Gasteiger partial charge in [0, 0.05) is 31.6 Å². The third-order valence-electron chi connectivity index (χ3n) is 10.9. The van der Waals surface area contributed by atoms with Crippen molar-refractivity contribution in [3.8, 4) is 0 Å². The second kappa shape index (κ2) is 6.73. The quantitative estimate of drug-likeness (QED) is 0.473. The Morgan fingerprint density at radius 2 is 1.47 bits per heavy atom. The lowest BCUT2D eigenvalue weighted by molar-refractivity contribution is -0.250. The van der Waals surface area contributed by atoms with Gasteiger partial charge in [0.25, 0.3) is 0 Å². The molecule has 0 aromatic rings. The molecule has 6 heteroatoms. The first-order valence-corrected chi connectivity index (χ1v) is 12.3. The molecule has 0 amide bonds. The van der Waals surface area contributed by atoms with Crippen molar-refractivity contribution in [1.29, 1.82) is 0 Å². The van der Waals surface area contributed by atoms with Crippen molar-refractivity contribution in [2.45, 2.75) is 92.3 Å². The number of rotatable bonds is 4. The van der Waals surface area contributed by atoms with Gasteiger partial charge in [-0.3, -0.25) is 14.4 Å². The molecular formula is C26H38O6. The maximum absolute atomic E-state index is 12.2. The molecule has 0 unspecified atom stereocenters. The summed E-state index contributed by atoms with van der Waals surface area (Å²) in [6.07, 6.45) is 5.61. The highest BCUT2D eigenvalue weighted by atomic mass is 16.6. The van der Waals surface area contributed by atoms with Crippen LogP contribution in [-0.4, -0.2) is 36.7 Å². The van der Waals surface area contributed by atoms with Gasteiger partial charge in [-0.25, -0.2) is 0 Å². The standard InChI is InChI=1S/C26H38O6/c1-14(27)30-13-25(6)19-10-22(32-16(3)29)26-11-18-17(24(18,5)12-26)9-20(26)23(19,4)8-7-21(25)31-15(2)28/h17-22H,7-13H2,1-6H3/t17-,18-,19+,20+,21-,22+,23-,24+,25-,26-/m1/s1. The topological polar surface area (TPSA) is 78.9 Å². The first kappa shape index (κ1) is 22.2. The summed E-state index contributed by atoms with van der Waals surface area (Å²) in [5.41, 5.74) is 0.00463. The van der Waals surface area contributed by atoms with Gasteiger partial charge in [0.2, 0.25) is 0 Å². The Morgan fingerprint density at radius 3 is 2.03 bits per heavy atom. The molecule has 0 aliphatic heterocycles. The van der Waals surface area contributed by atoms with E-state index in [1.807, 2.05) is 0 Å². The lowest BCUT2D eigenvalue weighted by atomic mass is 9.38. The average Bonchev–Trinajstić information content (AvgIpc) is 3.14. The van der Waals surface area contributed by atoms with Crippen LogP contribution in [0.2, 0.25) is 0 Å². The highest BCUT2D eigenvalue weighted by molar-refractivity contribution is 5.67. The normalized spacial score (nSPS) is 52.3. The molecule has 0 aromatic carbocycles. The molecule has 178 valence electrons. The predicted molar refractivity (Wildman–Crippen MR) is 116 cm³/mol. The maximum Gasteiger partial charge on any atom is 0.302 e. The Balaban J connectivity index is 1.56. The van der Waals surface area contributed by atoms with Crippen molar-refractivity contribution in [3.63, 3.8) is 0 Å². The van der Waals surface area contributed by atoms with E-state index < -0.39 is 5.41 Å². The number of hydrogen-bond donors (Lipinski definition) is 0. The van der Waals surface area contributed by atoms with Crippen LogP contribution in [0, 0.1) is 45.3 Å². The van der Waals surface area contributed by atoms with E-state index in [4.69, 9.17) is 14.2 Å². The average molecular weight is 447 g/mol. The van der Waals surface area contributed by atoms with Crippen LogP contribution < -0.4 is 0 Å². The summed E-state index contributed by atoms with van der Waals surface area (Å²) in [5.74, 6) is 1.34. The summed E-state index contributed by atoms with van der Waals surface area (Å²) in [7, 11) is 0. The molecule has 4 bridgehead atoms. The largest absolute Gasteiger partial charge is 0.465 e. The van der Waals surface area contributed by atoms with Crippen molar-refractivity contribution in [2.24, 2.45) is 45.3 Å². The number of carbonyl (C=O) groups excluding carboxylic acids is 3. The first-order chi connectivity index (χ1) is 14.9. The Labute approximate surface area is 191 Å². The second-order valence-corrected chi connectivity index (χ2v) is 12.4. The SMILES string of the molecule is CC(=O)OC[C@]1(C)[C@H]2C[C@H](OC(C)=O)[C@@]34C[C@@H]5[C@@H](C[C@H]3[C@]2(C)CC[C@H]1OC(C)=O)[C@]5(C)C4. The predicted octanol–water partition coefficient (Wildman–Crippen LogP) is 4.29. The third-order valence-corrected chi connectivity index (χ3v) is 10.9. The highest BCUT2D eigenvalue weighted by Gasteiger charge is 2.81. The van der Waals surface area contributed by atoms with Crippen molar-refractivity contribution >= 4 is 17.9 Å². The van der Waals surface area contributed by atoms with Gasteiger partial charge in [-0.05, 0) is 73.0 Å². The van der Waals surface area contributed by atoms with Gasteiger partial charge in [0.15, 0.2) is 0 Å². The van der Waals surface area contributed by atoms with E-state index in [0.29, 0.717) is 11.3 Å². The molecule has 6 saturated carbocycles. The molecular weight excluding hydrogens is 408 g/mol. The van der Waals surface area contributed by atoms with Gasteiger partial charge in [-0.2, -0.15) is 0 Å². The second-order valence-electron chi connectivity index (χ2n) is 12.4. The molecule has 0 radical (unpaired) electrons. The lowest BCUT2D eigenvalue weighted by Crippen LogP contribution is -2.67. The van der Waals surface area contributed by atoms with Crippen LogP contribution in [0.4, 0.5) is 0 Å². The maximum atomic E-state index is 12.2. The zero-order chi connectivity index (χ0) is 23.3. The fourth-order valence-electron chi connectivity index (χ4n) is 9.71. The summed E-state index contributed by atoms with van der Waals surface area (Å²) in [6, 6.07) is 0. The zero-order valence-corrected chi connectivity index (χ0v) is 20.4. The number of carbonyl (C=O) groups is 3. The van der Waals surface area contributed by atoms with Crippen molar-refractivity contribution in [3.05, 3.63) is 0 Å². The Hall–Kier alpha value is -1.59. The van der Waals surface area contributed by atoms with E-state index in [9.17, 15) is 14.4 Å². The minimum Gasteiger partial charge on any atom is -0.465 e. The molecule has 6 aliphatic rings. The fraction of sp³-hybridized carbons (Fsp3) is 0.885. The summed E-state index contributed by atoms with van der Waals surface area (Å²) in [5, 5.41) is 0. The zero-order valence-electron chi connectivity index (χ0n) is 20.4. The Bertz CT molecular complexity index is 868. The van der Waals surface area contributed by atoms with E-state index in [0.717, 1.165) is 37.5 Å². The molecule has 1 spiro atoms. The molecule has 6 fully saturated rings. The number of fused-ring (bicyclic) bond motifs is 1. The minimum atomic E-state index is -0.516. The molecule has 32 heavy (non-hydrogen) atoms. The van der Waals surface area contributed by atoms with E-state index in [-0.39, 0.29) is 53.5 Å². The van der Waals surface area contributed by atoms with Gasteiger partial charge in [0.1, 0.15) is 18.8 Å². The van der Waals surface area contributed by atoms with Gasteiger partial charge >= 0.3 is 17.9 Å². The van der Waals surface area contributed by atoms with Crippen LogP contribution in [0.15, 0.2) is 0 Å². The summed E-state index contributed by atoms with van der Waals surface area (Å²) >= 11 is 0. The number of hydrogen-bond acceptors (Lipinski definition) is 6. The molecule has 0 N–H and O–H groups in total. The number of ether oxygens (including phenoxy) is 3. The Kier molecular flexibility index (Phi) is 4.67. The van der Waals surface area contributed by atoms with Crippen LogP contribution in [-0.2, 0) is 28.6 Å². The van der Waals surface area contributed by atoms with Crippen molar-refractivity contribution in [2.75, 3.05) is 6.61 Å². The van der Waals surface area contributed by atoms with Crippen molar-refractivity contribution < 1.29 is 28.6 Å². The fourth-order valence-corrected chi connectivity index (χ4v) is 9.71. The molecule has 6 aliphatic carbocycles. The van der Waals surface area contributed by atoms with Gasteiger partial charge in [-0.1, -0.05) is 20.8 Å². The van der Waals surface area contributed by atoms with E-state index >= 15 is 0 Å². The van der Waals surface area contributed by atoms with Crippen LogP contribution in [0.1, 0.15) is 80.1 Å². The molecule has 0 saturated heterocycles. The van der Waals surface area contributed by atoms with Gasteiger partial charge < -0.3 is 14.2 Å². The van der Waals surface area contributed by atoms with E-state index in [2.05, 4.69) is 20.8 Å². The van der Waals surface area contributed by atoms with Crippen LogP contribution in [0.25, 0.3) is 0 Å². The monoisotopic (exact) mass is 446 g/mol. The van der Waals surface area contributed by atoms with Crippen LogP contribution in [0.5, 0.6) is 0 Å². The summed E-state index contributed by atoms with van der Waals surface area (Å²) < 4.78 is 17.5. The van der Waals surface area contributed by atoms with E-state index in [1.54, 1.807) is 0 Å². The summed E-state index contributed by atoms with van der Waals surface area (Å²) in [4.78, 5) is 35.9. The molecule has 0 aromatic heterocycles. The lowest BCUT2D eigenvalue weighted by Gasteiger charge is -2.68. The molecule has 6 rings (SSSR count). The van der Waals surface area contributed by atoms with Crippen LogP contribution in [0.3, 0.4) is 0 Å². The summed E-state index contributed by atoms with van der Waals surface area (Å²) in [6.45, 7) is 11.6. The van der Waals surface area contributed by atoms with Gasteiger partial charge in [-0.15, -0.1) is 0 Å². The number of esters is 3. The first-order valence-electron chi connectivity index (χ1n) is 12.3. The third kappa shape index (κ3) is 2.79. The smallest absolute Gasteiger partial charge is 0.302 e. The van der Waals surface area contributed by atoms with E-state index in [1.165, 1.54) is 33.6 Å². The minimum absolute atomic E-state index is 0.0388. The molecule has 0 heterocycles. The van der Waals surface area contributed by atoms with Gasteiger partial charge in [0.05, 0.1) is 0 Å². The molecule has 6 nitrogen and oxygen atoms in total. The van der Waals surface area contributed by atoms with Crippen LogP contribution >= 0.6 is 0 Å². The highest BCUT2D eigenvalue weighted by Crippen LogP contribution is 2.85. The molecule has 10 atom stereocenters. The van der Waals surface area contributed by atoms with Crippen molar-refractivity contribution in [1.82, 2.24) is 0 Å².